The van der Waals surface area contributed by atoms with Crippen LogP contribution in [-0.4, -0.2) is 15.2 Å². The minimum atomic E-state index is -4.46. The molecule has 0 atom stereocenters. The van der Waals surface area contributed by atoms with Gasteiger partial charge in [0.25, 0.3) is 0 Å². The molecule has 20 heavy (non-hydrogen) atoms. The molecule has 0 amide bonds. The Labute approximate surface area is 112 Å². The molecule has 2 rings (SSSR count). The first kappa shape index (κ1) is 14.0. The van der Waals surface area contributed by atoms with Crippen LogP contribution in [0.5, 0.6) is 11.5 Å². The fourth-order valence-corrected chi connectivity index (χ4v) is 1.57. The van der Waals surface area contributed by atoms with Crippen molar-refractivity contribution in [2.75, 3.05) is 5.32 Å². The van der Waals surface area contributed by atoms with Crippen molar-refractivity contribution in [3.8, 4) is 11.5 Å². The van der Waals surface area contributed by atoms with Gasteiger partial charge in [-0.05, 0) is 24.3 Å². The summed E-state index contributed by atoms with van der Waals surface area (Å²) in [5.74, 6) is -0.167. The first-order valence-corrected chi connectivity index (χ1v) is 5.64. The number of phenolic OH excluding ortho intramolecular Hbond substituents is 2. The molecule has 1 aromatic heterocycles. The lowest BCUT2D eigenvalue weighted by Gasteiger charge is -2.10. The molecule has 3 N–H and O–H groups in total. The van der Waals surface area contributed by atoms with Gasteiger partial charge in [-0.3, -0.25) is 0 Å². The van der Waals surface area contributed by atoms with E-state index in [9.17, 15) is 18.3 Å². The van der Waals surface area contributed by atoms with E-state index in [2.05, 4.69) is 10.3 Å². The Morgan fingerprint density at radius 1 is 1.10 bits per heavy atom. The zero-order valence-electron chi connectivity index (χ0n) is 10.1. The number of alkyl halides is 3. The Hall–Kier alpha value is -2.44. The zero-order chi connectivity index (χ0) is 14.8. The number of anilines is 1. The van der Waals surface area contributed by atoms with E-state index in [-0.39, 0.29) is 18.0 Å². The van der Waals surface area contributed by atoms with Crippen molar-refractivity contribution in [2.45, 2.75) is 12.7 Å². The Bertz CT molecular complexity index is 598. The number of benzene rings is 1. The average Bonchev–Trinajstić information content (AvgIpc) is 2.37. The standard InChI is InChI=1S/C13H11F3N2O2/c14-13(15,16)12-4-2-9(7-18-12)17-6-8-1-3-10(19)5-11(8)20/h1-5,7,17,19-20H,6H2. The first-order valence-electron chi connectivity index (χ1n) is 5.64. The molecular formula is C13H11F3N2O2. The van der Waals surface area contributed by atoms with Crippen molar-refractivity contribution in [2.24, 2.45) is 0 Å². The van der Waals surface area contributed by atoms with Crippen LogP contribution in [0.1, 0.15) is 11.3 Å². The third-order valence-corrected chi connectivity index (χ3v) is 2.61. The first-order chi connectivity index (χ1) is 9.36. The molecule has 0 radical (unpaired) electrons. The van der Waals surface area contributed by atoms with Gasteiger partial charge in [0.15, 0.2) is 0 Å². The normalized spacial score (nSPS) is 11.3. The van der Waals surface area contributed by atoms with Crippen LogP contribution in [0.25, 0.3) is 0 Å². The van der Waals surface area contributed by atoms with E-state index in [0.717, 1.165) is 12.3 Å². The summed E-state index contributed by atoms with van der Waals surface area (Å²) in [5, 5.41) is 21.5. The Morgan fingerprint density at radius 3 is 2.40 bits per heavy atom. The lowest BCUT2D eigenvalue weighted by molar-refractivity contribution is -0.141. The summed E-state index contributed by atoms with van der Waals surface area (Å²) >= 11 is 0. The molecule has 1 heterocycles. The van der Waals surface area contributed by atoms with E-state index in [1.807, 2.05) is 0 Å². The van der Waals surface area contributed by atoms with Crippen LogP contribution in [0.15, 0.2) is 36.5 Å². The van der Waals surface area contributed by atoms with Gasteiger partial charge in [-0.2, -0.15) is 13.2 Å². The van der Waals surface area contributed by atoms with Gasteiger partial charge in [0.1, 0.15) is 17.2 Å². The highest BCUT2D eigenvalue weighted by Crippen LogP contribution is 2.28. The van der Waals surface area contributed by atoms with Gasteiger partial charge >= 0.3 is 6.18 Å². The monoisotopic (exact) mass is 284 g/mol. The largest absolute Gasteiger partial charge is 0.508 e. The maximum absolute atomic E-state index is 12.3. The third-order valence-electron chi connectivity index (χ3n) is 2.61. The quantitative estimate of drug-likeness (QED) is 0.810. The Kier molecular flexibility index (Phi) is 3.69. The smallest absolute Gasteiger partial charge is 0.433 e. The number of aromatic hydroxyl groups is 2. The van der Waals surface area contributed by atoms with E-state index in [4.69, 9.17) is 5.11 Å². The summed E-state index contributed by atoms with van der Waals surface area (Å²) in [4.78, 5) is 3.31. The van der Waals surface area contributed by atoms with Gasteiger partial charge in [0.05, 0.1) is 11.9 Å². The van der Waals surface area contributed by atoms with Crippen LogP contribution >= 0.6 is 0 Å². The van der Waals surface area contributed by atoms with Gasteiger partial charge in [-0.15, -0.1) is 0 Å². The van der Waals surface area contributed by atoms with Crippen molar-refractivity contribution < 1.29 is 23.4 Å². The van der Waals surface area contributed by atoms with Crippen molar-refractivity contribution in [1.82, 2.24) is 4.98 Å². The van der Waals surface area contributed by atoms with Crippen LogP contribution in [0, 0.1) is 0 Å². The Morgan fingerprint density at radius 2 is 1.85 bits per heavy atom. The molecule has 4 nitrogen and oxygen atoms in total. The van der Waals surface area contributed by atoms with E-state index in [1.165, 1.54) is 24.3 Å². The van der Waals surface area contributed by atoms with E-state index >= 15 is 0 Å². The summed E-state index contributed by atoms with van der Waals surface area (Å²) in [6.07, 6.45) is -3.39. The molecule has 0 spiro atoms. The maximum Gasteiger partial charge on any atom is 0.433 e. The number of pyridine rings is 1. The highest BCUT2D eigenvalue weighted by molar-refractivity contribution is 5.45. The molecule has 0 saturated heterocycles. The van der Waals surface area contributed by atoms with Crippen molar-refractivity contribution >= 4 is 5.69 Å². The molecule has 0 fully saturated rings. The van der Waals surface area contributed by atoms with E-state index in [0.29, 0.717) is 11.3 Å². The molecule has 0 saturated carbocycles. The Balaban J connectivity index is 2.04. The molecule has 0 aliphatic rings. The predicted octanol–water partition coefficient (Wildman–Crippen LogP) is 3.12. The van der Waals surface area contributed by atoms with Crippen LogP contribution < -0.4 is 5.32 Å². The molecule has 0 bridgehead atoms. The number of aromatic nitrogens is 1. The minimum Gasteiger partial charge on any atom is -0.508 e. The molecular weight excluding hydrogens is 273 g/mol. The van der Waals surface area contributed by atoms with Crippen molar-refractivity contribution in [3.63, 3.8) is 0 Å². The van der Waals surface area contributed by atoms with Gasteiger partial charge in [0.2, 0.25) is 0 Å². The van der Waals surface area contributed by atoms with Crippen LogP contribution in [0.3, 0.4) is 0 Å². The third kappa shape index (κ3) is 3.31. The number of nitrogens with one attached hydrogen (secondary N) is 1. The average molecular weight is 284 g/mol. The molecule has 0 unspecified atom stereocenters. The van der Waals surface area contributed by atoms with Crippen LogP contribution in [-0.2, 0) is 12.7 Å². The fourth-order valence-electron chi connectivity index (χ4n) is 1.57. The number of hydrogen-bond donors (Lipinski definition) is 3. The zero-order valence-corrected chi connectivity index (χ0v) is 10.1. The molecule has 106 valence electrons. The molecule has 0 aliphatic heterocycles. The van der Waals surface area contributed by atoms with Crippen molar-refractivity contribution in [1.29, 1.82) is 0 Å². The number of rotatable bonds is 3. The molecule has 2 aromatic rings. The van der Waals surface area contributed by atoms with Crippen LogP contribution in [0.2, 0.25) is 0 Å². The summed E-state index contributed by atoms with van der Waals surface area (Å²) < 4.78 is 37.0. The van der Waals surface area contributed by atoms with Gasteiger partial charge in [-0.25, -0.2) is 4.98 Å². The lowest BCUT2D eigenvalue weighted by atomic mass is 10.2. The number of phenols is 2. The lowest BCUT2D eigenvalue weighted by Crippen LogP contribution is -2.08. The second-order valence-corrected chi connectivity index (χ2v) is 4.10. The summed E-state index contributed by atoms with van der Waals surface area (Å²) in [7, 11) is 0. The number of halogens is 3. The van der Waals surface area contributed by atoms with E-state index < -0.39 is 11.9 Å². The minimum absolute atomic E-state index is 0.0672. The van der Waals surface area contributed by atoms with E-state index in [1.54, 1.807) is 0 Å². The maximum atomic E-state index is 12.3. The topological polar surface area (TPSA) is 65.4 Å². The summed E-state index contributed by atoms with van der Waals surface area (Å²) in [6.45, 7) is 0.194. The summed E-state index contributed by atoms with van der Waals surface area (Å²) in [6, 6.07) is 6.23. The van der Waals surface area contributed by atoms with Gasteiger partial charge in [-0.1, -0.05) is 0 Å². The fraction of sp³-hybridized carbons (Fsp3) is 0.154. The van der Waals surface area contributed by atoms with Gasteiger partial charge < -0.3 is 15.5 Å². The highest BCUT2D eigenvalue weighted by atomic mass is 19.4. The van der Waals surface area contributed by atoms with Crippen LogP contribution in [0.4, 0.5) is 18.9 Å². The second-order valence-electron chi connectivity index (χ2n) is 4.10. The van der Waals surface area contributed by atoms with Crippen molar-refractivity contribution in [3.05, 3.63) is 47.8 Å². The van der Waals surface area contributed by atoms with Gasteiger partial charge in [0, 0.05) is 18.2 Å². The SMILES string of the molecule is Oc1ccc(CNc2ccc(C(F)(F)F)nc2)c(O)c1. The summed E-state index contributed by atoms with van der Waals surface area (Å²) in [5.41, 5.74) is -0.0660. The highest BCUT2D eigenvalue weighted by Gasteiger charge is 2.31. The number of hydrogen-bond acceptors (Lipinski definition) is 4. The molecule has 1 aromatic carbocycles. The second kappa shape index (κ2) is 5.28. The molecule has 7 heteroatoms. The molecule has 0 aliphatic carbocycles. The number of nitrogens with zero attached hydrogens (tertiary/aromatic N) is 1. The predicted molar refractivity (Wildman–Crippen MR) is 66.3 cm³/mol.